The van der Waals surface area contributed by atoms with E-state index in [1.807, 2.05) is 24.3 Å². The van der Waals surface area contributed by atoms with Gasteiger partial charge in [-0.05, 0) is 35.9 Å². The zero-order valence-corrected chi connectivity index (χ0v) is 14.8. The first-order valence-electron chi connectivity index (χ1n) is 8.37. The van der Waals surface area contributed by atoms with E-state index in [0.29, 0.717) is 17.2 Å². The van der Waals surface area contributed by atoms with Crippen LogP contribution in [-0.2, 0) is 0 Å². The Morgan fingerprint density at radius 1 is 1.07 bits per heavy atom. The van der Waals surface area contributed by atoms with Crippen molar-refractivity contribution >= 4 is 17.5 Å². The molecule has 0 aliphatic carbocycles. The van der Waals surface area contributed by atoms with Gasteiger partial charge >= 0.3 is 0 Å². The number of amides is 1. The van der Waals surface area contributed by atoms with E-state index < -0.39 is 6.67 Å². The number of aromatic nitrogens is 2. The first-order chi connectivity index (χ1) is 13.2. The molecule has 0 saturated carbocycles. The molecule has 2 aromatic carbocycles. The highest BCUT2D eigenvalue weighted by atomic mass is 19.1. The zero-order valence-electron chi connectivity index (χ0n) is 14.8. The third-order valence-electron chi connectivity index (χ3n) is 3.84. The summed E-state index contributed by atoms with van der Waals surface area (Å²) in [7, 11) is 1.62. The van der Waals surface area contributed by atoms with Crippen LogP contribution in [-0.4, -0.2) is 36.2 Å². The molecule has 0 aliphatic rings. The molecule has 3 aromatic rings. The van der Waals surface area contributed by atoms with Crippen molar-refractivity contribution in [2.45, 2.75) is 0 Å². The van der Waals surface area contributed by atoms with Gasteiger partial charge in [0.2, 0.25) is 5.95 Å². The van der Waals surface area contributed by atoms with Crippen LogP contribution in [0.2, 0.25) is 0 Å². The van der Waals surface area contributed by atoms with Crippen LogP contribution in [0.4, 0.5) is 16.0 Å². The summed E-state index contributed by atoms with van der Waals surface area (Å²) in [5, 5.41) is 5.55. The number of anilines is 2. The summed E-state index contributed by atoms with van der Waals surface area (Å²) in [6.45, 7) is -0.607. The number of benzene rings is 2. The van der Waals surface area contributed by atoms with Crippen molar-refractivity contribution in [2.75, 3.05) is 25.6 Å². The number of hydrogen-bond acceptors (Lipinski definition) is 5. The Bertz CT molecular complexity index is 899. The lowest BCUT2D eigenvalue weighted by molar-refractivity contribution is 0.0951. The fourth-order valence-corrected chi connectivity index (χ4v) is 2.46. The fourth-order valence-electron chi connectivity index (χ4n) is 2.46. The van der Waals surface area contributed by atoms with Crippen LogP contribution in [0.25, 0.3) is 11.1 Å². The van der Waals surface area contributed by atoms with E-state index in [1.165, 1.54) is 0 Å². The maximum Gasteiger partial charge on any atom is 0.251 e. The molecule has 0 spiro atoms. The van der Waals surface area contributed by atoms with Crippen molar-refractivity contribution in [1.82, 2.24) is 15.3 Å². The molecule has 0 fully saturated rings. The summed E-state index contributed by atoms with van der Waals surface area (Å²) in [6, 6.07) is 14.5. The smallest absolute Gasteiger partial charge is 0.251 e. The second kappa shape index (κ2) is 8.75. The maximum absolute atomic E-state index is 12.2. The molecule has 1 heterocycles. The largest absolute Gasteiger partial charge is 0.497 e. The summed E-state index contributed by atoms with van der Waals surface area (Å²) in [6.07, 6.45) is 3.43. The predicted octanol–water partition coefficient (Wildman–Crippen LogP) is 3.60. The van der Waals surface area contributed by atoms with Gasteiger partial charge in [-0.1, -0.05) is 18.2 Å². The maximum atomic E-state index is 12.2. The number of ether oxygens (including phenoxy) is 1. The summed E-state index contributed by atoms with van der Waals surface area (Å²) < 4.78 is 17.3. The van der Waals surface area contributed by atoms with Gasteiger partial charge in [-0.25, -0.2) is 14.4 Å². The second-order valence-electron chi connectivity index (χ2n) is 5.67. The quantitative estimate of drug-likeness (QED) is 0.668. The molecular weight excluding hydrogens is 347 g/mol. The van der Waals surface area contributed by atoms with Crippen LogP contribution >= 0.6 is 0 Å². The average molecular weight is 366 g/mol. The van der Waals surface area contributed by atoms with Gasteiger partial charge < -0.3 is 15.4 Å². The summed E-state index contributed by atoms with van der Waals surface area (Å²) in [4.78, 5) is 20.5. The summed E-state index contributed by atoms with van der Waals surface area (Å²) >= 11 is 0. The Morgan fingerprint density at radius 3 is 2.48 bits per heavy atom. The number of rotatable bonds is 7. The lowest BCUT2D eigenvalue weighted by Crippen LogP contribution is -2.25. The number of alkyl halides is 1. The normalized spacial score (nSPS) is 10.3. The number of methoxy groups -OCH3 is 1. The lowest BCUT2D eigenvalue weighted by atomic mass is 10.1. The molecule has 0 radical (unpaired) electrons. The van der Waals surface area contributed by atoms with Gasteiger partial charge in [0, 0.05) is 35.8 Å². The first kappa shape index (κ1) is 18.3. The van der Waals surface area contributed by atoms with Crippen molar-refractivity contribution in [3.05, 3.63) is 66.5 Å². The van der Waals surface area contributed by atoms with E-state index >= 15 is 0 Å². The van der Waals surface area contributed by atoms with Gasteiger partial charge in [0.25, 0.3) is 5.91 Å². The highest BCUT2D eigenvalue weighted by Crippen LogP contribution is 2.22. The molecule has 7 heteroatoms. The van der Waals surface area contributed by atoms with Crippen molar-refractivity contribution in [3.63, 3.8) is 0 Å². The van der Waals surface area contributed by atoms with Gasteiger partial charge in [0.05, 0.1) is 7.11 Å². The summed E-state index contributed by atoms with van der Waals surface area (Å²) in [5.41, 5.74) is 2.96. The first-order valence-corrected chi connectivity index (χ1v) is 8.37. The number of hydrogen-bond donors (Lipinski definition) is 2. The van der Waals surface area contributed by atoms with Crippen LogP contribution in [0.3, 0.4) is 0 Å². The fraction of sp³-hybridized carbons (Fsp3) is 0.150. The van der Waals surface area contributed by atoms with Crippen LogP contribution in [0.1, 0.15) is 10.4 Å². The molecule has 0 saturated heterocycles. The molecule has 6 nitrogen and oxygen atoms in total. The van der Waals surface area contributed by atoms with Crippen molar-refractivity contribution < 1.29 is 13.9 Å². The predicted molar refractivity (Wildman–Crippen MR) is 102 cm³/mol. The molecule has 3 rings (SSSR count). The number of nitrogens with one attached hydrogen (secondary N) is 2. The average Bonchev–Trinajstić information content (AvgIpc) is 2.73. The van der Waals surface area contributed by atoms with E-state index in [-0.39, 0.29) is 12.5 Å². The number of carbonyl (C=O) groups is 1. The molecule has 138 valence electrons. The number of nitrogens with zero attached hydrogens (tertiary/aromatic N) is 2. The monoisotopic (exact) mass is 366 g/mol. The van der Waals surface area contributed by atoms with E-state index in [2.05, 4.69) is 20.6 Å². The lowest BCUT2D eigenvalue weighted by Gasteiger charge is -2.08. The molecule has 0 unspecified atom stereocenters. The molecule has 1 amide bonds. The highest BCUT2D eigenvalue weighted by molar-refractivity contribution is 5.95. The Balaban J connectivity index is 1.70. The van der Waals surface area contributed by atoms with Gasteiger partial charge in [-0.15, -0.1) is 0 Å². The standard InChI is InChI=1S/C20H19FN4O2/c1-27-18-7-5-14(6-8-18)16-12-23-20(24-13-16)25-17-4-2-3-15(11-17)19(26)22-10-9-21/h2-8,11-13H,9-10H2,1H3,(H,22,26)(H,23,24,25). The molecular formula is C20H19FN4O2. The third kappa shape index (κ3) is 4.78. The minimum absolute atomic E-state index is 0.00752. The highest BCUT2D eigenvalue weighted by Gasteiger charge is 2.07. The van der Waals surface area contributed by atoms with Crippen LogP contribution in [0.5, 0.6) is 5.75 Å². The molecule has 1 aromatic heterocycles. The molecule has 2 N–H and O–H groups in total. The number of carbonyl (C=O) groups excluding carboxylic acids is 1. The zero-order chi connectivity index (χ0) is 19.1. The van der Waals surface area contributed by atoms with Gasteiger partial charge in [0.15, 0.2) is 0 Å². The molecule has 0 aliphatic heterocycles. The molecule has 27 heavy (non-hydrogen) atoms. The Labute approximate surface area is 156 Å². The Kier molecular flexibility index (Phi) is 5.94. The van der Waals surface area contributed by atoms with Crippen LogP contribution < -0.4 is 15.4 Å². The van der Waals surface area contributed by atoms with Crippen LogP contribution in [0.15, 0.2) is 60.9 Å². The van der Waals surface area contributed by atoms with Gasteiger partial charge in [0.1, 0.15) is 12.4 Å². The second-order valence-corrected chi connectivity index (χ2v) is 5.67. The van der Waals surface area contributed by atoms with E-state index in [9.17, 15) is 9.18 Å². The summed E-state index contributed by atoms with van der Waals surface area (Å²) in [5.74, 6) is 0.869. The van der Waals surface area contributed by atoms with Crippen LogP contribution in [0, 0.1) is 0 Å². The Morgan fingerprint density at radius 2 is 1.81 bits per heavy atom. The number of halogens is 1. The van der Waals surface area contributed by atoms with E-state index in [1.54, 1.807) is 43.8 Å². The van der Waals surface area contributed by atoms with Gasteiger partial charge in [-0.2, -0.15) is 0 Å². The van der Waals surface area contributed by atoms with E-state index in [0.717, 1.165) is 16.9 Å². The third-order valence-corrected chi connectivity index (χ3v) is 3.84. The minimum atomic E-state index is -0.599. The molecule has 0 bridgehead atoms. The molecule has 0 atom stereocenters. The van der Waals surface area contributed by atoms with E-state index in [4.69, 9.17) is 4.74 Å². The SMILES string of the molecule is COc1ccc(-c2cnc(Nc3cccc(C(=O)NCCF)c3)nc2)cc1. The topological polar surface area (TPSA) is 76.1 Å². The minimum Gasteiger partial charge on any atom is -0.497 e. The van der Waals surface area contributed by atoms with Crippen molar-refractivity contribution in [3.8, 4) is 16.9 Å². The van der Waals surface area contributed by atoms with Crippen molar-refractivity contribution in [2.24, 2.45) is 0 Å². The Hall–Kier alpha value is -3.48. The van der Waals surface area contributed by atoms with Gasteiger partial charge in [-0.3, -0.25) is 4.79 Å². The van der Waals surface area contributed by atoms with Crippen molar-refractivity contribution in [1.29, 1.82) is 0 Å².